The molecule has 2 fully saturated rings. The molecule has 60 heavy (non-hydrogen) atoms. The topological polar surface area (TPSA) is 128 Å². The minimum Gasteiger partial charge on any atom is -0.356 e. The van der Waals surface area contributed by atoms with Gasteiger partial charge in [0.1, 0.15) is 23.3 Å². The Morgan fingerprint density at radius 3 is 1.73 bits per heavy atom. The summed E-state index contributed by atoms with van der Waals surface area (Å²) in [7, 11) is 0. The van der Waals surface area contributed by atoms with Crippen molar-refractivity contribution in [3.8, 4) is 0 Å². The Labute approximate surface area is 354 Å². The first-order valence-corrected chi connectivity index (χ1v) is 21.4. The lowest BCUT2D eigenvalue weighted by Crippen LogP contribution is -2.37. The Morgan fingerprint density at radius 1 is 0.683 bits per heavy atom. The van der Waals surface area contributed by atoms with Crippen LogP contribution in [0.3, 0.4) is 0 Å². The molecule has 10 rings (SSSR count). The molecular weight excluding hydrogens is 767 g/mol. The molecule has 0 unspecified atom stereocenters. The molecule has 0 saturated carbocycles. The zero-order valence-corrected chi connectivity index (χ0v) is 34.0. The maximum atomic E-state index is 13.4. The van der Waals surface area contributed by atoms with Crippen LogP contribution < -0.4 is 11.1 Å². The van der Waals surface area contributed by atoms with Crippen molar-refractivity contribution in [3.63, 3.8) is 0 Å². The van der Waals surface area contributed by atoms with Gasteiger partial charge in [0, 0.05) is 103 Å². The molecule has 0 atom stereocenters. The molecule has 316 valence electrons. The van der Waals surface area contributed by atoms with Crippen LogP contribution in [0.5, 0.6) is 0 Å². The summed E-state index contributed by atoms with van der Waals surface area (Å²) in [5.41, 5.74) is 4.07. The Kier molecular flexibility index (Phi) is 10.1. The van der Waals surface area contributed by atoms with E-state index in [2.05, 4.69) is 25.1 Å². The van der Waals surface area contributed by atoms with E-state index >= 15 is 0 Å². The minimum atomic E-state index is -2.60. The average Bonchev–Trinajstić information content (AvgIpc) is 3.90. The third kappa shape index (κ3) is 8.32. The van der Waals surface area contributed by atoms with Gasteiger partial charge in [-0.3, -0.25) is 18.7 Å². The van der Waals surface area contributed by atoms with E-state index in [4.69, 9.17) is 20.9 Å². The smallest absolute Gasteiger partial charge is 0.256 e. The molecule has 0 aliphatic carbocycles. The third-order valence-electron chi connectivity index (χ3n) is 12.9. The maximum Gasteiger partial charge on any atom is 0.256 e. The summed E-state index contributed by atoms with van der Waals surface area (Å²) in [6.45, 7) is 5.29. The highest BCUT2D eigenvalue weighted by atomic mass is 19.1. The lowest BCUT2D eigenvalue weighted by Gasteiger charge is -2.31. The lowest BCUT2D eigenvalue weighted by molar-refractivity contribution is 0.211. The summed E-state index contributed by atoms with van der Waals surface area (Å²) < 4.78 is 80.8. The van der Waals surface area contributed by atoms with Gasteiger partial charge in [-0.25, -0.2) is 18.7 Å². The summed E-state index contributed by atoms with van der Waals surface area (Å²) in [5.74, 6) is 0.704. The van der Waals surface area contributed by atoms with Gasteiger partial charge in [0.05, 0.1) is 11.4 Å². The first kappa shape index (κ1) is 34.6. The van der Waals surface area contributed by atoms with Crippen LogP contribution in [0.15, 0.2) is 55.0 Å². The van der Waals surface area contributed by atoms with E-state index < -0.39 is 18.8 Å². The molecule has 12 nitrogen and oxygen atoms in total. The predicted molar refractivity (Wildman–Crippen MR) is 225 cm³/mol. The van der Waals surface area contributed by atoms with Crippen LogP contribution in [0.25, 0.3) is 21.9 Å². The monoisotopic (exact) mass is 825 g/mol. The molecule has 4 aromatic heterocycles. The summed E-state index contributed by atoms with van der Waals surface area (Å²) in [4.78, 5) is 39.7. The van der Waals surface area contributed by atoms with Crippen LogP contribution in [-0.2, 0) is 38.7 Å². The normalized spacial score (nSPS) is 20.4. The van der Waals surface area contributed by atoms with Gasteiger partial charge in [0.15, 0.2) is 11.2 Å². The quantitative estimate of drug-likeness (QED) is 0.156. The van der Waals surface area contributed by atoms with Crippen LogP contribution >= 0.6 is 0 Å². The van der Waals surface area contributed by atoms with E-state index in [0.717, 1.165) is 130 Å². The molecule has 14 heteroatoms. The third-order valence-corrected chi connectivity index (χ3v) is 12.9. The van der Waals surface area contributed by atoms with Crippen molar-refractivity contribution < 1.29 is 24.7 Å². The van der Waals surface area contributed by atoms with Crippen molar-refractivity contribution in [2.24, 2.45) is 0 Å². The van der Waals surface area contributed by atoms with E-state index in [0.29, 0.717) is 36.6 Å². The number of rotatable bonds is 8. The first-order chi connectivity index (χ1) is 31.1. The number of nitrogens with zero attached hydrogens (tertiary/aromatic N) is 8. The fraction of sp³-hybridized carbons (Fsp3) is 0.522. The number of aromatic nitrogens is 6. The van der Waals surface area contributed by atoms with Gasteiger partial charge < -0.3 is 18.8 Å². The second kappa shape index (κ2) is 17.5. The van der Waals surface area contributed by atoms with Gasteiger partial charge in [0.25, 0.3) is 11.1 Å². The predicted octanol–water partition coefficient (Wildman–Crippen LogP) is 7.18. The number of benzene rings is 2. The molecule has 8 heterocycles. The molecule has 0 bridgehead atoms. The highest BCUT2D eigenvalue weighted by molar-refractivity contribution is 5.80. The number of hydrogen-bond donors (Lipinski definition) is 0. The molecule has 0 amide bonds. The number of halogens is 2. The van der Waals surface area contributed by atoms with E-state index in [9.17, 15) is 18.4 Å². The second-order valence-corrected chi connectivity index (χ2v) is 16.7. The fourth-order valence-corrected chi connectivity index (χ4v) is 9.47. The molecule has 0 N–H and O–H groups in total. The van der Waals surface area contributed by atoms with Crippen LogP contribution in [-0.4, -0.2) is 78.5 Å². The maximum absolute atomic E-state index is 13.4. The van der Waals surface area contributed by atoms with Crippen LogP contribution in [0.4, 0.5) is 8.78 Å². The van der Waals surface area contributed by atoms with Crippen molar-refractivity contribution in [1.82, 2.24) is 39.2 Å². The minimum absolute atomic E-state index is 0.0795. The Morgan fingerprint density at radius 2 is 1.18 bits per heavy atom. The lowest BCUT2D eigenvalue weighted by atomic mass is 9.91. The average molecular weight is 826 g/mol. The number of aryl methyl sites for hydroxylation is 4. The number of fused-ring (bicyclic) bond motifs is 4. The zero-order chi connectivity index (χ0) is 45.6. The van der Waals surface area contributed by atoms with Gasteiger partial charge in [-0.2, -0.15) is 0 Å². The standard InChI is InChI=1S/2C23H27FN4O2/c2*1-15-18(23(29)28-10-3-2-4-21(28)25-15)9-13-27-11-7-16(8-12-27)22-19-6-5-17(24)14-20(19)30-26-22/h2*5-6,14,16H,2-4,7-13H2,1H3/i1D3,4D2;. The zero-order valence-electron chi connectivity index (χ0n) is 39.0. The number of likely N-dealkylation sites (tertiary alicyclic amines) is 2. The summed E-state index contributed by atoms with van der Waals surface area (Å²) in [6, 6.07) is 9.05. The van der Waals surface area contributed by atoms with E-state index in [1.807, 2.05) is 11.5 Å². The Balaban J connectivity index is 0.000000166. The van der Waals surface area contributed by atoms with Crippen molar-refractivity contribution in [1.29, 1.82) is 0 Å². The van der Waals surface area contributed by atoms with Crippen LogP contribution in [0.1, 0.15) is 116 Å². The second-order valence-electron chi connectivity index (χ2n) is 16.7. The van der Waals surface area contributed by atoms with E-state index in [-0.39, 0.29) is 53.0 Å². The fourth-order valence-electron chi connectivity index (χ4n) is 9.47. The molecule has 2 aromatic carbocycles. The van der Waals surface area contributed by atoms with Crippen molar-refractivity contribution in [2.45, 2.75) is 116 Å². The number of hydrogen-bond acceptors (Lipinski definition) is 10. The van der Waals surface area contributed by atoms with Crippen molar-refractivity contribution >= 4 is 21.9 Å². The van der Waals surface area contributed by atoms with Crippen LogP contribution in [0.2, 0.25) is 0 Å². The molecular formula is C46H54F2N8O4. The van der Waals surface area contributed by atoms with Gasteiger partial charge >= 0.3 is 0 Å². The van der Waals surface area contributed by atoms with Crippen molar-refractivity contribution in [2.75, 3.05) is 39.3 Å². The molecule has 4 aliphatic rings. The molecule has 0 radical (unpaired) electrons. The van der Waals surface area contributed by atoms with Gasteiger partial charge in [-0.1, -0.05) is 10.3 Å². The largest absolute Gasteiger partial charge is 0.356 e. The molecule has 0 spiro atoms. The number of piperidine rings is 2. The molecule has 2 saturated heterocycles. The highest BCUT2D eigenvalue weighted by Gasteiger charge is 2.28. The Bertz CT molecular complexity index is 2820. The summed E-state index contributed by atoms with van der Waals surface area (Å²) in [5, 5.41) is 10.1. The van der Waals surface area contributed by atoms with E-state index in [1.54, 1.807) is 12.1 Å². The summed E-state index contributed by atoms with van der Waals surface area (Å²) >= 11 is 0. The van der Waals surface area contributed by atoms with Gasteiger partial charge in [-0.15, -0.1) is 0 Å². The SMILES string of the molecule is Cc1nc2n(c(=O)c1CCN1CCC(c3noc4cc(F)ccc34)CC1)CCCC2.[2H]C([2H])([2H])c1nc2n(c(=O)c1CCN1CCC(c3noc4cc(F)ccc34)CC1)CCCC2([2H])[2H]. The summed E-state index contributed by atoms with van der Waals surface area (Å²) in [6.07, 6.45) is 6.56. The van der Waals surface area contributed by atoms with Gasteiger partial charge in [0.2, 0.25) is 0 Å². The van der Waals surface area contributed by atoms with E-state index in [1.165, 1.54) is 28.8 Å². The molecule has 4 aliphatic heterocycles. The van der Waals surface area contributed by atoms with Crippen molar-refractivity contribution in [3.05, 3.63) is 114 Å². The molecule has 6 aromatic rings. The first-order valence-electron chi connectivity index (χ1n) is 23.9. The van der Waals surface area contributed by atoms with Crippen LogP contribution in [0, 0.1) is 25.4 Å². The highest BCUT2D eigenvalue weighted by Crippen LogP contribution is 2.34. The van der Waals surface area contributed by atoms with Gasteiger partial charge in [-0.05, 0) is 128 Å². The Hall–Kier alpha value is -5.08.